The van der Waals surface area contributed by atoms with Crippen LogP contribution in [-0.2, 0) is 11.3 Å². The number of pyridine rings is 1. The van der Waals surface area contributed by atoms with Gasteiger partial charge in [-0.25, -0.2) is 9.78 Å². The molecule has 7 nitrogen and oxygen atoms in total. The molecule has 27 heavy (non-hydrogen) atoms. The molecule has 1 unspecified atom stereocenters. The van der Waals surface area contributed by atoms with Gasteiger partial charge < -0.3 is 10.1 Å². The van der Waals surface area contributed by atoms with Gasteiger partial charge in [0.2, 0.25) is 0 Å². The Labute approximate surface area is 158 Å². The highest BCUT2D eigenvalue weighted by Crippen LogP contribution is 2.31. The Morgan fingerprint density at radius 1 is 1.22 bits per heavy atom. The molecule has 1 aromatic heterocycles. The van der Waals surface area contributed by atoms with E-state index in [1.165, 1.54) is 0 Å². The molecule has 2 saturated heterocycles. The van der Waals surface area contributed by atoms with E-state index in [-0.39, 0.29) is 17.9 Å². The van der Waals surface area contributed by atoms with Gasteiger partial charge in [-0.05, 0) is 50.9 Å². The number of nitrogens with one attached hydrogen (secondary N) is 2. The molecule has 1 atom stereocenters. The predicted molar refractivity (Wildman–Crippen MR) is 101 cm³/mol. The summed E-state index contributed by atoms with van der Waals surface area (Å²) in [5, 5.41) is 6.22. The van der Waals surface area contributed by atoms with Crippen LogP contribution < -0.4 is 15.4 Å². The first-order valence-electron chi connectivity index (χ1n) is 9.28. The predicted octanol–water partition coefficient (Wildman–Crippen LogP) is 2.05. The third kappa shape index (κ3) is 3.23. The number of hydrogen-bond donors (Lipinski definition) is 2. The second-order valence-corrected chi connectivity index (χ2v) is 7.50. The standard InChI is InChI=1S/C20H24N4O3/c1-20(18(25)22-19(26)23-20)14-8-10-24(11-9-14)12-15-7-6-13-4-3-5-16(27-2)17(13)21-15/h3-7,14H,8-12H2,1-2H3,(H2,22,23,25,26). The molecule has 0 bridgehead atoms. The number of likely N-dealkylation sites (tertiary alicyclic amines) is 1. The number of ether oxygens (including phenoxy) is 1. The highest BCUT2D eigenvalue weighted by atomic mass is 16.5. The highest BCUT2D eigenvalue weighted by Gasteiger charge is 2.48. The Kier molecular flexibility index (Phi) is 4.47. The van der Waals surface area contributed by atoms with E-state index in [0.717, 1.165) is 54.8 Å². The van der Waals surface area contributed by atoms with Crippen LogP contribution in [0.4, 0.5) is 4.79 Å². The molecule has 2 fully saturated rings. The number of benzene rings is 1. The number of amides is 3. The molecule has 3 heterocycles. The number of aromatic nitrogens is 1. The number of carbonyl (C=O) groups excluding carboxylic acids is 2. The molecule has 3 amide bonds. The maximum atomic E-state index is 12.1. The summed E-state index contributed by atoms with van der Waals surface area (Å²) in [6.07, 6.45) is 1.72. The van der Waals surface area contributed by atoms with E-state index in [1.54, 1.807) is 7.11 Å². The number of carbonyl (C=O) groups is 2. The Bertz CT molecular complexity index is 892. The van der Waals surface area contributed by atoms with Crippen molar-refractivity contribution in [1.29, 1.82) is 0 Å². The van der Waals surface area contributed by atoms with Gasteiger partial charge in [0.05, 0.1) is 12.8 Å². The minimum atomic E-state index is -0.794. The molecule has 2 aliphatic heterocycles. The van der Waals surface area contributed by atoms with Gasteiger partial charge in [0.25, 0.3) is 5.91 Å². The lowest BCUT2D eigenvalue weighted by molar-refractivity contribution is -0.125. The molecule has 2 aromatic rings. The van der Waals surface area contributed by atoms with E-state index in [9.17, 15) is 9.59 Å². The monoisotopic (exact) mass is 368 g/mol. The smallest absolute Gasteiger partial charge is 0.322 e. The molecule has 4 rings (SSSR count). The lowest BCUT2D eigenvalue weighted by atomic mass is 9.79. The first-order valence-corrected chi connectivity index (χ1v) is 9.28. The quantitative estimate of drug-likeness (QED) is 0.807. The highest BCUT2D eigenvalue weighted by molar-refractivity contribution is 6.06. The second kappa shape index (κ2) is 6.81. The molecule has 142 valence electrons. The summed E-state index contributed by atoms with van der Waals surface area (Å²) in [7, 11) is 1.66. The number of piperidine rings is 1. The molecule has 2 N–H and O–H groups in total. The fourth-order valence-corrected chi connectivity index (χ4v) is 4.15. The molecule has 7 heteroatoms. The summed E-state index contributed by atoms with van der Waals surface area (Å²) < 4.78 is 5.42. The summed E-state index contributed by atoms with van der Waals surface area (Å²) >= 11 is 0. The van der Waals surface area contributed by atoms with Gasteiger partial charge in [-0.3, -0.25) is 15.0 Å². The molecule has 2 aliphatic rings. The first kappa shape index (κ1) is 17.7. The van der Waals surface area contributed by atoms with E-state index in [1.807, 2.05) is 25.1 Å². The lowest BCUT2D eigenvalue weighted by Gasteiger charge is -2.38. The van der Waals surface area contributed by atoms with Crippen LogP contribution in [0.15, 0.2) is 30.3 Å². The molecular weight excluding hydrogens is 344 g/mol. The van der Waals surface area contributed by atoms with E-state index in [4.69, 9.17) is 9.72 Å². The van der Waals surface area contributed by atoms with Gasteiger partial charge in [-0.2, -0.15) is 0 Å². The molecular formula is C20H24N4O3. The Hall–Kier alpha value is -2.67. The summed E-state index contributed by atoms with van der Waals surface area (Å²) in [5.74, 6) is 0.711. The Morgan fingerprint density at radius 3 is 2.67 bits per heavy atom. The van der Waals surface area contributed by atoms with Gasteiger partial charge in [-0.15, -0.1) is 0 Å². The zero-order valence-electron chi connectivity index (χ0n) is 15.6. The van der Waals surface area contributed by atoms with Crippen molar-refractivity contribution in [3.05, 3.63) is 36.0 Å². The van der Waals surface area contributed by atoms with Gasteiger partial charge in [0.15, 0.2) is 0 Å². The van der Waals surface area contributed by atoms with Crippen LogP contribution in [0.5, 0.6) is 5.75 Å². The van der Waals surface area contributed by atoms with Gasteiger partial charge in [0, 0.05) is 11.9 Å². The number of para-hydroxylation sites is 1. The Morgan fingerprint density at radius 2 is 2.00 bits per heavy atom. The Balaban J connectivity index is 1.43. The SMILES string of the molecule is COc1cccc2ccc(CN3CCC(C4(C)NC(=O)NC4=O)CC3)nc12. The van der Waals surface area contributed by atoms with Crippen LogP contribution in [-0.4, -0.2) is 47.6 Å². The van der Waals surface area contributed by atoms with Crippen molar-refractivity contribution < 1.29 is 14.3 Å². The number of rotatable bonds is 4. The molecule has 1 aromatic carbocycles. The molecule has 0 spiro atoms. The fraction of sp³-hybridized carbons (Fsp3) is 0.450. The maximum absolute atomic E-state index is 12.1. The van der Waals surface area contributed by atoms with Crippen molar-refractivity contribution in [1.82, 2.24) is 20.5 Å². The van der Waals surface area contributed by atoms with Gasteiger partial charge in [-0.1, -0.05) is 18.2 Å². The van der Waals surface area contributed by atoms with Crippen molar-refractivity contribution >= 4 is 22.8 Å². The van der Waals surface area contributed by atoms with E-state index in [2.05, 4.69) is 27.7 Å². The number of fused-ring (bicyclic) bond motifs is 1. The topological polar surface area (TPSA) is 83.6 Å². The summed E-state index contributed by atoms with van der Waals surface area (Å²) in [5.41, 5.74) is 1.09. The van der Waals surface area contributed by atoms with E-state index < -0.39 is 5.54 Å². The first-order chi connectivity index (χ1) is 13.0. The van der Waals surface area contributed by atoms with Crippen molar-refractivity contribution in [2.45, 2.75) is 31.8 Å². The van der Waals surface area contributed by atoms with Crippen molar-refractivity contribution in [3.8, 4) is 5.75 Å². The maximum Gasteiger partial charge on any atom is 0.322 e. The van der Waals surface area contributed by atoms with Crippen LogP contribution >= 0.6 is 0 Å². The van der Waals surface area contributed by atoms with Crippen LogP contribution in [0.25, 0.3) is 10.9 Å². The zero-order valence-corrected chi connectivity index (χ0v) is 15.6. The summed E-state index contributed by atoms with van der Waals surface area (Å²) in [4.78, 5) is 30.8. The number of imide groups is 1. The van der Waals surface area contributed by atoms with Crippen LogP contribution in [0, 0.1) is 5.92 Å². The third-order valence-corrected chi connectivity index (χ3v) is 5.82. The van der Waals surface area contributed by atoms with Crippen molar-refractivity contribution in [2.75, 3.05) is 20.2 Å². The number of urea groups is 1. The lowest BCUT2D eigenvalue weighted by Crippen LogP contribution is -2.53. The third-order valence-electron chi connectivity index (χ3n) is 5.82. The van der Waals surface area contributed by atoms with E-state index in [0.29, 0.717) is 0 Å². The minimum Gasteiger partial charge on any atom is -0.494 e. The molecule has 0 aliphatic carbocycles. The largest absolute Gasteiger partial charge is 0.494 e. The van der Waals surface area contributed by atoms with Gasteiger partial charge in [0.1, 0.15) is 16.8 Å². The molecule has 0 saturated carbocycles. The van der Waals surface area contributed by atoms with Crippen molar-refractivity contribution in [2.24, 2.45) is 5.92 Å². The normalized spacial score (nSPS) is 24.1. The number of methoxy groups -OCH3 is 1. The zero-order chi connectivity index (χ0) is 19.0. The van der Waals surface area contributed by atoms with Crippen LogP contribution in [0.2, 0.25) is 0 Å². The van der Waals surface area contributed by atoms with Gasteiger partial charge >= 0.3 is 6.03 Å². The van der Waals surface area contributed by atoms with E-state index >= 15 is 0 Å². The minimum absolute atomic E-state index is 0.143. The number of hydrogen-bond acceptors (Lipinski definition) is 5. The average molecular weight is 368 g/mol. The van der Waals surface area contributed by atoms with Crippen LogP contribution in [0.3, 0.4) is 0 Å². The second-order valence-electron chi connectivity index (χ2n) is 7.50. The van der Waals surface area contributed by atoms with Crippen molar-refractivity contribution in [3.63, 3.8) is 0 Å². The fourth-order valence-electron chi connectivity index (χ4n) is 4.15. The number of nitrogens with zero attached hydrogens (tertiary/aromatic N) is 2. The average Bonchev–Trinajstić information content (AvgIpc) is 2.94. The summed E-state index contributed by atoms with van der Waals surface area (Å²) in [6, 6.07) is 9.66. The molecule has 0 radical (unpaired) electrons. The van der Waals surface area contributed by atoms with Crippen LogP contribution in [0.1, 0.15) is 25.5 Å². The summed E-state index contributed by atoms with van der Waals surface area (Å²) in [6.45, 7) is 4.32.